The Hall–Kier alpha value is -2.37. The van der Waals surface area contributed by atoms with Crippen LogP contribution in [0.4, 0.5) is 4.39 Å². The van der Waals surface area contributed by atoms with E-state index in [1.807, 2.05) is 0 Å². The van der Waals surface area contributed by atoms with Gasteiger partial charge in [0.25, 0.3) is 0 Å². The summed E-state index contributed by atoms with van der Waals surface area (Å²) in [5.74, 6) is -0.0758. The molecule has 5 nitrogen and oxygen atoms in total. The highest BCUT2D eigenvalue weighted by Gasteiger charge is 2.17. The van der Waals surface area contributed by atoms with Crippen molar-refractivity contribution in [1.29, 1.82) is 5.41 Å². The van der Waals surface area contributed by atoms with E-state index in [4.69, 9.17) is 15.9 Å². The van der Waals surface area contributed by atoms with Crippen LogP contribution in [-0.2, 0) is 13.7 Å². The molecule has 0 saturated heterocycles. The molecule has 2 aromatic rings. The second-order valence-corrected chi connectivity index (χ2v) is 4.18. The average molecular weight is 262 g/mol. The molecule has 0 bridgehead atoms. The van der Waals surface area contributed by atoms with Crippen LogP contribution in [0.25, 0.3) is 0 Å². The van der Waals surface area contributed by atoms with Crippen molar-refractivity contribution in [3.8, 4) is 5.88 Å². The lowest BCUT2D eigenvalue weighted by Crippen LogP contribution is -2.14. The normalized spacial score (nSPS) is 10.5. The van der Waals surface area contributed by atoms with Crippen molar-refractivity contribution in [1.82, 2.24) is 9.78 Å². The number of amidine groups is 1. The molecule has 1 aromatic heterocycles. The number of nitrogens with one attached hydrogen (secondary N) is 1. The Balaban J connectivity index is 2.25. The monoisotopic (exact) mass is 262 g/mol. The van der Waals surface area contributed by atoms with Gasteiger partial charge in [-0.3, -0.25) is 5.41 Å². The third kappa shape index (κ3) is 2.57. The molecule has 0 spiro atoms. The first-order valence-corrected chi connectivity index (χ1v) is 5.75. The lowest BCUT2D eigenvalue weighted by molar-refractivity contribution is 0.273. The van der Waals surface area contributed by atoms with Crippen molar-refractivity contribution in [3.05, 3.63) is 46.9 Å². The lowest BCUT2D eigenvalue weighted by Gasteiger charge is -2.09. The highest BCUT2D eigenvalue weighted by molar-refractivity contribution is 5.98. The minimum absolute atomic E-state index is 0.0614. The van der Waals surface area contributed by atoms with Gasteiger partial charge in [-0.2, -0.15) is 5.10 Å². The Bertz CT molecular complexity index is 621. The quantitative estimate of drug-likeness (QED) is 0.650. The van der Waals surface area contributed by atoms with Crippen LogP contribution in [0, 0.1) is 18.2 Å². The first kappa shape index (κ1) is 13.1. The van der Waals surface area contributed by atoms with Crippen molar-refractivity contribution >= 4 is 5.84 Å². The van der Waals surface area contributed by atoms with Gasteiger partial charge in [0, 0.05) is 12.6 Å². The molecule has 3 N–H and O–H groups in total. The maximum Gasteiger partial charge on any atom is 0.223 e. The molecule has 100 valence electrons. The number of rotatable bonds is 4. The SMILES string of the molecule is Cc1nn(C)c(OCc2ccccc2F)c1C(=N)N. The number of hydrogen-bond acceptors (Lipinski definition) is 3. The summed E-state index contributed by atoms with van der Waals surface area (Å²) in [5, 5.41) is 11.7. The van der Waals surface area contributed by atoms with E-state index in [9.17, 15) is 4.39 Å². The molecule has 2 rings (SSSR count). The molecule has 0 amide bonds. The largest absolute Gasteiger partial charge is 0.472 e. The molecule has 0 saturated carbocycles. The van der Waals surface area contributed by atoms with Crippen LogP contribution in [-0.4, -0.2) is 15.6 Å². The molecular formula is C13H15FN4O. The van der Waals surface area contributed by atoms with Crippen LogP contribution in [0.5, 0.6) is 5.88 Å². The summed E-state index contributed by atoms with van der Waals surface area (Å²) in [6.45, 7) is 1.80. The number of aromatic nitrogens is 2. The van der Waals surface area contributed by atoms with E-state index in [0.717, 1.165) is 0 Å². The maximum absolute atomic E-state index is 13.5. The Morgan fingerprint density at radius 3 is 2.79 bits per heavy atom. The number of nitrogens with two attached hydrogens (primary N) is 1. The number of nitrogens with zero attached hydrogens (tertiary/aromatic N) is 2. The van der Waals surface area contributed by atoms with E-state index in [0.29, 0.717) is 22.7 Å². The highest BCUT2D eigenvalue weighted by atomic mass is 19.1. The van der Waals surface area contributed by atoms with Gasteiger partial charge in [-0.15, -0.1) is 0 Å². The van der Waals surface area contributed by atoms with E-state index in [2.05, 4.69) is 5.10 Å². The Kier molecular flexibility index (Phi) is 3.50. The number of nitrogen functional groups attached to an aromatic ring is 1. The summed E-state index contributed by atoms with van der Waals surface area (Å²) < 4.78 is 20.5. The number of benzene rings is 1. The van der Waals surface area contributed by atoms with Gasteiger partial charge in [-0.05, 0) is 13.0 Å². The van der Waals surface area contributed by atoms with E-state index in [1.165, 1.54) is 10.7 Å². The summed E-state index contributed by atoms with van der Waals surface area (Å²) in [6, 6.07) is 6.38. The van der Waals surface area contributed by atoms with Crippen LogP contribution in [0.1, 0.15) is 16.8 Å². The van der Waals surface area contributed by atoms with Crippen molar-refractivity contribution in [2.45, 2.75) is 13.5 Å². The second-order valence-electron chi connectivity index (χ2n) is 4.18. The molecule has 0 aliphatic carbocycles. The molecule has 0 aliphatic heterocycles. The van der Waals surface area contributed by atoms with Crippen LogP contribution >= 0.6 is 0 Å². The zero-order valence-corrected chi connectivity index (χ0v) is 10.8. The molecule has 0 atom stereocenters. The number of halogens is 1. The average Bonchev–Trinajstić information content (AvgIpc) is 2.63. The zero-order valence-electron chi connectivity index (χ0n) is 10.8. The van der Waals surface area contributed by atoms with Crippen LogP contribution in [0.3, 0.4) is 0 Å². The van der Waals surface area contributed by atoms with Crippen molar-refractivity contribution < 1.29 is 9.13 Å². The summed E-state index contributed by atoms with van der Waals surface area (Å²) >= 11 is 0. The standard InChI is InChI=1S/C13H15FN4O/c1-8-11(12(15)16)13(18(2)17-8)19-7-9-5-3-4-6-10(9)14/h3-6H,7H2,1-2H3,(H3,15,16). The smallest absolute Gasteiger partial charge is 0.223 e. The summed E-state index contributed by atoms with van der Waals surface area (Å²) in [5.41, 5.74) is 7.00. The summed E-state index contributed by atoms with van der Waals surface area (Å²) in [4.78, 5) is 0. The molecule has 1 heterocycles. The molecule has 19 heavy (non-hydrogen) atoms. The van der Waals surface area contributed by atoms with Gasteiger partial charge in [0.2, 0.25) is 5.88 Å². The van der Waals surface area contributed by atoms with Gasteiger partial charge in [0.15, 0.2) is 0 Å². The second kappa shape index (κ2) is 5.09. The fourth-order valence-electron chi connectivity index (χ4n) is 1.87. The van der Waals surface area contributed by atoms with Crippen LogP contribution in [0.15, 0.2) is 24.3 Å². The van der Waals surface area contributed by atoms with E-state index < -0.39 is 0 Å². The molecule has 0 unspecified atom stereocenters. The van der Waals surface area contributed by atoms with Gasteiger partial charge >= 0.3 is 0 Å². The first-order valence-electron chi connectivity index (χ1n) is 5.75. The first-order chi connectivity index (χ1) is 9.00. The zero-order chi connectivity index (χ0) is 14.0. The summed E-state index contributed by atoms with van der Waals surface area (Å²) in [6.07, 6.45) is 0. The fourth-order valence-corrected chi connectivity index (χ4v) is 1.87. The molecule has 1 aromatic carbocycles. The van der Waals surface area contributed by atoms with Gasteiger partial charge < -0.3 is 10.5 Å². The van der Waals surface area contributed by atoms with Gasteiger partial charge in [-0.25, -0.2) is 9.07 Å². The third-order valence-electron chi connectivity index (χ3n) is 2.76. The number of ether oxygens (including phenoxy) is 1. The van der Waals surface area contributed by atoms with E-state index >= 15 is 0 Å². The third-order valence-corrected chi connectivity index (χ3v) is 2.76. The Morgan fingerprint density at radius 2 is 2.16 bits per heavy atom. The van der Waals surface area contributed by atoms with Gasteiger partial charge in [0.1, 0.15) is 23.8 Å². The van der Waals surface area contributed by atoms with Gasteiger partial charge in [0.05, 0.1) is 5.69 Å². The fraction of sp³-hybridized carbons (Fsp3) is 0.231. The lowest BCUT2D eigenvalue weighted by atomic mass is 10.2. The van der Waals surface area contributed by atoms with Crippen LogP contribution in [0.2, 0.25) is 0 Å². The predicted octanol–water partition coefficient (Wildman–Crippen LogP) is 1.73. The minimum atomic E-state index is -0.328. The number of aryl methyl sites for hydroxylation is 2. The molecule has 6 heteroatoms. The Labute approximate surface area is 110 Å². The Morgan fingerprint density at radius 1 is 1.47 bits per heavy atom. The highest BCUT2D eigenvalue weighted by Crippen LogP contribution is 2.22. The summed E-state index contributed by atoms with van der Waals surface area (Å²) in [7, 11) is 1.69. The number of hydrogen-bond donors (Lipinski definition) is 2. The van der Waals surface area contributed by atoms with E-state index in [1.54, 1.807) is 32.2 Å². The molecular weight excluding hydrogens is 247 g/mol. The van der Waals surface area contributed by atoms with Crippen LogP contribution < -0.4 is 10.5 Å². The maximum atomic E-state index is 13.5. The van der Waals surface area contributed by atoms with Crippen molar-refractivity contribution in [3.63, 3.8) is 0 Å². The van der Waals surface area contributed by atoms with Crippen molar-refractivity contribution in [2.24, 2.45) is 12.8 Å². The molecule has 0 aliphatic rings. The van der Waals surface area contributed by atoms with Gasteiger partial charge in [-0.1, -0.05) is 18.2 Å². The predicted molar refractivity (Wildman–Crippen MR) is 69.7 cm³/mol. The topological polar surface area (TPSA) is 76.9 Å². The van der Waals surface area contributed by atoms with Crippen molar-refractivity contribution in [2.75, 3.05) is 0 Å². The van der Waals surface area contributed by atoms with E-state index in [-0.39, 0.29) is 18.3 Å². The molecule has 0 radical (unpaired) electrons. The molecule has 0 fully saturated rings. The minimum Gasteiger partial charge on any atom is -0.472 e.